The predicted octanol–water partition coefficient (Wildman–Crippen LogP) is 4.14. The van der Waals surface area contributed by atoms with Crippen molar-refractivity contribution in [1.29, 1.82) is 0 Å². The van der Waals surface area contributed by atoms with Crippen LogP contribution in [0.2, 0.25) is 0 Å². The summed E-state index contributed by atoms with van der Waals surface area (Å²) in [6, 6.07) is 7.84. The average molecular weight is 397 g/mol. The van der Waals surface area contributed by atoms with E-state index in [2.05, 4.69) is 17.5 Å². The van der Waals surface area contributed by atoms with Gasteiger partial charge in [0, 0.05) is 5.92 Å². The van der Waals surface area contributed by atoms with Gasteiger partial charge in [-0.1, -0.05) is 19.8 Å². The Bertz CT molecular complexity index is 982. The van der Waals surface area contributed by atoms with E-state index in [1.54, 1.807) is 24.3 Å². The SMILES string of the molecule is COc1ccc(-c2ccc(/C=N/NC(=O)[C@@H]3[C@H]4CCCC[C@]43C)o2)c([N+](=O)[O-])c1. The van der Waals surface area contributed by atoms with Crippen molar-refractivity contribution in [3.63, 3.8) is 0 Å². The van der Waals surface area contributed by atoms with E-state index < -0.39 is 4.92 Å². The molecule has 2 saturated carbocycles. The highest BCUT2D eigenvalue weighted by molar-refractivity contribution is 5.85. The first-order chi connectivity index (χ1) is 13.9. The van der Waals surface area contributed by atoms with Crippen molar-refractivity contribution in [3.8, 4) is 17.1 Å². The van der Waals surface area contributed by atoms with Crippen LogP contribution in [0.3, 0.4) is 0 Å². The third-order valence-electron chi connectivity index (χ3n) is 6.27. The van der Waals surface area contributed by atoms with E-state index in [0.29, 0.717) is 28.8 Å². The largest absolute Gasteiger partial charge is 0.497 e. The molecule has 2 fully saturated rings. The molecule has 152 valence electrons. The lowest BCUT2D eigenvalue weighted by molar-refractivity contribution is -0.384. The van der Waals surface area contributed by atoms with Crippen LogP contribution in [0.5, 0.6) is 5.75 Å². The van der Waals surface area contributed by atoms with Gasteiger partial charge in [0.15, 0.2) is 0 Å². The molecule has 0 radical (unpaired) electrons. The Kier molecular flexibility index (Phi) is 4.86. The molecule has 1 amide bonds. The summed E-state index contributed by atoms with van der Waals surface area (Å²) in [5.74, 6) is 1.59. The van der Waals surface area contributed by atoms with Crippen LogP contribution in [-0.2, 0) is 4.79 Å². The van der Waals surface area contributed by atoms with Crippen molar-refractivity contribution < 1.29 is 18.9 Å². The summed E-state index contributed by atoms with van der Waals surface area (Å²) in [7, 11) is 1.45. The number of methoxy groups -OCH3 is 1. The summed E-state index contributed by atoms with van der Waals surface area (Å²) in [5, 5.41) is 15.4. The summed E-state index contributed by atoms with van der Waals surface area (Å²) in [6.07, 6.45) is 6.00. The minimum atomic E-state index is -0.482. The topological polar surface area (TPSA) is 107 Å². The van der Waals surface area contributed by atoms with Crippen molar-refractivity contribution in [2.75, 3.05) is 7.11 Å². The van der Waals surface area contributed by atoms with Gasteiger partial charge < -0.3 is 9.15 Å². The molecule has 8 nitrogen and oxygen atoms in total. The van der Waals surface area contributed by atoms with Crippen LogP contribution in [0.1, 0.15) is 38.4 Å². The Morgan fingerprint density at radius 3 is 2.90 bits per heavy atom. The van der Waals surface area contributed by atoms with E-state index >= 15 is 0 Å². The van der Waals surface area contributed by atoms with Gasteiger partial charge in [-0.05, 0) is 48.4 Å². The molecule has 2 aromatic rings. The quantitative estimate of drug-likeness (QED) is 0.448. The Hall–Kier alpha value is -3.16. The second-order valence-corrected chi connectivity index (χ2v) is 7.91. The minimum Gasteiger partial charge on any atom is -0.497 e. The molecule has 29 heavy (non-hydrogen) atoms. The zero-order chi connectivity index (χ0) is 20.6. The Morgan fingerprint density at radius 2 is 2.21 bits per heavy atom. The maximum Gasteiger partial charge on any atom is 0.284 e. The second kappa shape index (κ2) is 7.35. The third kappa shape index (κ3) is 3.50. The van der Waals surface area contributed by atoms with Crippen LogP contribution < -0.4 is 10.2 Å². The average Bonchev–Trinajstić information content (AvgIpc) is 3.08. The molecular weight excluding hydrogens is 374 g/mol. The molecule has 4 rings (SSSR count). The van der Waals surface area contributed by atoms with Crippen LogP contribution in [0.25, 0.3) is 11.3 Å². The standard InChI is InChI=1S/C21H23N3O5/c1-21-10-4-3-5-16(21)19(21)20(25)23-22-12-14-7-9-18(29-14)15-8-6-13(28-2)11-17(15)24(26)27/h6-9,11-12,16,19H,3-5,10H2,1-2H3,(H,23,25)/b22-12+/t16-,19+,21-/m1/s1. The summed E-state index contributed by atoms with van der Waals surface area (Å²) >= 11 is 0. The first-order valence-electron chi connectivity index (χ1n) is 9.69. The predicted molar refractivity (Wildman–Crippen MR) is 107 cm³/mol. The van der Waals surface area contributed by atoms with Crippen molar-refractivity contribution in [3.05, 3.63) is 46.2 Å². The van der Waals surface area contributed by atoms with Crippen molar-refractivity contribution in [2.24, 2.45) is 22.4 Å². The number of nitrogens with zero attached hydrogens (tertiary/aromatic N) is 2. The van der Waals surface area contributed by atoms with Crippen LogP contribution >= 0.6 is 0 Å². The first kappa shape index (κ1) is 19.2. The number of benzene rings is 1. The van der Waals surface area contributed by atoms with Crippen molar-refractivity contribution >= 4 is 17.8 Å². The Labute approximate surface area is 168 Å². The maximum absolute atomic E-state index is 12.4. The van der Waals surface area contributed by atoms with Crippen LogP contribution in [0, 0.1) is 27.4 Å². The fraction of sp³-hybridized carbons (Fsp3) is 0.429. The van der Waals surface area contributed by atoms with Gasteiger partial charge in [-0.25, -0.2) is 5.43 Å². The van der Waals surface area contributed by atoms with E-state index in [9.17, 15) is 14.9 Å². The maximum atomic E-state index is 12.4. The number of hydrogen-bond donors (Lipinski definition) is 1. The zero-order valence-corrected chi connectivity index (χ0v) is 16.4. The molecule has 1 N–H and O–H groups in total. The highest BCUT2D eigenvalue weighted by Gasteiger charge is 2.64. The molecule has 3 atom stereocenters. The number of fused-ring (bicyclic) bond motifs is 1. The lowest BCUT2D eigenvalue weighted by Crippen LogP contribution is -2.22. The number of nitrogens with one attached hydrogen (secondary N) is 1. The van der Waals surface area contributed by atoms with E-state index in [1.165, 1.54) is 32.2 Å². The van der Waals surface area contributed by atoms with Gasteiger partial charge in [0.25, 0.3) is 5.69 Å². The fourth-order valence-corrected chi connectivity index (χ4v) is 4.64. The highest BCUT2D eigenvalue weighted by atomic mass is 16.6. The van der Waals surface area contributed by atoms with Crippen LogP contribution in [-0.4, -0.2) is 24.2 Å². The van der Waals surface area contributed by atoms with E-state index in [4.69, 9.17) is 9.15 Å². The summed E-state index contributed by atoms with van der Waals surface area (Å²) in [5.41, 5.74) is 2.97. The molecule has 2 aliphatic carbocycles. The number of carbonyl (C=O) groups is 1. The van der Waals surface area contributed by atoms with Crippen LogP contribution in [0.4, 0.5) is 5.69 Å². The molecule has 0 saturated heterocycles. The van der Waals surface area contributed by atoms with Gasteiger partial charge in [0.1, 0.15) is 17.3 Å². The smallest absolute Gasteiger partial charge is 0.284 e. The number of nitro benzene ring substituents is 1. The van der Waals surface area contributed by atoms with Gasteiger partial charge in [0.05, 0.1) is 29.9 Å². The molecule has 1 heterocycles. The normalized spacial score (nSPS) is 25.4. The fourth-order valence-electron chi connectivity index (χ4n) is 4.64. The number of ether oxygens (including phenoxy) is 1. The molecule has 0 unspecified atom stereocenters. The van der Waals surface area contributed by atoms with Crippen molar-refractivity contribution in [1.82, 2.24) is 5.43 Å². The highest BCUT2D eigenvalue weighted by Crippen LogP contribution is 2.66. The number of rotatable bonds is 6. The summed E-state index contributed by atoms with van der Waals surface area (Å²) < 4.78 is 10.7. The summed E-state index contributed by atoms with van der Waals surface area (Å²) in [4.78, 5) is 23.3. The van der Waals surface area contributed by atoms with Crippen LogP contribution in [0.15, 0.2) is 39.9 Å². The molecule has 0 aliphatic heterocycles. The minimum absolute atomic E-state index is 0.0382. The van der Waals surface area contributed by atoms with Gasteiger partial charge in [0.2, 0.25) is 5.91 Å². The van der Waals surface area contributed by atoms with Gasteiger partial charge >= 0.3 is 0 Å². The number of carbonyl (C=O) groups excluding carboxylic acids is 1. The Balaban J connectivity index is 1.44. The lowest BCUT2D eigenvalue weighted by Gasteiger charge is -2.15. The van der Waals surface area contributed by atoms with E-state index in [-0.39, 0.29) is 22.9 Å². The zero-order valence-electron chi connectivity index (χ0n) is 16.4. The van der Waals surface area contributed by atoms with Gasteiger partial charge in [-0.15, -0.1) is 0 Å². The number of furan rings is 1. The number of hydrazone groups is 1. The second-order valence-electron chi connectivity index (χ2n) is 7.91. The van der Waals surface area contributed by atoms with Gasteiger partial charge in [-0.2, -0.15) is 5.10 Å². The number of amides is 1. The van der Waals surface area contributed by atoms with Gasteiger partial charge in [-0.3, -0.25) is 14.9 Å². The third-order valence-corrected chi connectivity index (χ3v) is 6.27. The molecule has 1 aromatic heterocycles. The molecule has 0 spiro atoms. The molecule has 1 aromatic carbocycles. The van der Waals surface area contributed by atoms with E-state index in [1.807, 2.05) is 0 Å². The number of nitro groups is 1. The number of hydrogen-bond acceptors (Lipinski definition) is 6. The molecule has 8 heteroatoms. The molecule has 0 bridgehead atoms. The van der Waals surface area contributed by atoms with Crippen molar-refractivity contribution in [2.45, 2.75) is 32.6 Å². The first-order valence-corrected chi connectivity index (χ1v) is 9.69. The lowest BCUT2D eigenvalue weighted by atomic mass is 9.90. The monoisotopic (exact) mass is 397 g/mol. The Morgan fingerprint density at radius 1 is 1.38 bits per heavy atom. The molecular formula is C21H23N3O5. The van der Waals surface area contributed by atoms with E-state index in [0.717, 1.165) is 12.8 Å². The summed E-state index contributed by atoms with van der Waals surface area (Å²) in [6.45, 7) is 2.19. The molecule has 2 aliphatic rings.